The van der Waals surface area contributed by atoms with Gasteiger partial charge >= 0.3 is 0 Å². The molecule has 0 unspecified atom stereocenters. The molecule has 2 aromatic carbocycles. The van der Waals surface area contributed by atoms with E-state index in [1.54, 1.807) is 0 Å². The van der Waals surface area contributed by atoms with Crippen molar-refractivity contribution >= 4 is 31.9 Å². The first-order chi connectivity index (χ1) is 9.83. The molecule has 0 aliphatic heterocycles. The lowest BCUT2D eigenvalue weighted by molar-refractivity contribution is 0.871. The maximum atomic E-state index is 3.68. The Labute approximate surface area is 137 Å². The van der Waals surface area contributed by atoms with Crippen molar-refractivity contribution in [3.8, 4) is 0 Å². The van der Waals surface area contributed by atoms with Crippen LogP contribution in [0.25, 0.3) is 0 Å². The minimum absolute atomic E-state index is 0.970. The molecule has 0 aromatic heterocycles. The third-order valence-corrected chi connectivity index (χ3v) is 5.46. The molecule has 0 N–H and O–H groups in total. The Hall–Kier alpha value is -0.600. The highest BCUT2D eigenvalue weighted by atomic mass is 79.9. The normalized spacial score (nSPS) is 14.1. The average molecular weight is 394 g/mol. The second-order valence-electron chi connectivity index (χ2n) is 5.38. The van der Waals surface area contributed by atoms with Gasteiger partial charge in [-0.05, 0) is 59.1 Å². The molecule has 104 valence electrons. The van der Waals surface area contributed by atoms with Gasteiger partial charge in [0.15, 0.2) is 0 Å². The third kappa shape index (κ3) is 2.73. The number of fused-ring (bicyclic) bond motifs is 4. The summed E-state index contributed by atoms with van der Waals surface area (Å²) in [5, 5.41) is 1.94. The van der Waals surface area contributed by atoms with E-state index in [1.165, 1.54) is 33.4 Å². The van der Waals surface area contributed by atoms with E-state index in [0.29, 0.717) is 0 Å². The smallest absolute Gasteiger partial charge is 0.0288 e. The fourth-order valence-corrected chi connectivity index (χ4v) is 4.63. The number of benzene rings is 2. The van der Waals surface area contributed by atoms with Gasteiger partial charge in [0, 0.05) is 10.7 Å². The van der Waals surface area contributed by atoms with E-state index in [-0.39, 0.29) is 0 Å². The fraction of sp³-hybridized carbons (Fsp3) is 0.333. The highest BCUT2D eigenvalue weighted by Gasteiger charge is 2.13. The highest BCUT2D eigenvalue weighted by Crippen LogP contribution is 2.27. The lowest BCUT2D eigenvalue weighted by atomic mass is 9.88. The van der Waals surface area contributed by atoms with Crippen LogP contribution in [0.5, 0.6) is 0 Å². The number of hydrogen-bond donors (Lipinski definition) is 0. The molecule has 0 radical (unpaired) electrons. The molecular formula is C18H18Br2. The number of aryl methyl sites for hydroxylation is 4. The zero-order valence-corrected chi connectivity index (χ0v) is 14.6. The summed E-state index contributed by atoms with van der Waals surface area (Å²) >= 11 is 7.36. The van der Waals surface area contributed by atoms with Crippen LogP contribution in [0.1, 0.15) is 33.4 Å². The van der Waals surface area contributed by atoms with Crippen LogP contribution in [0.4, 0.5) is 0 Å². The second-order valence-corrected chi connectivity index (χ2v) is 6.50. The molecule has 0 atom stereocenters. The number of halogens is 2. The number of rotatable bonds is 2. The first-order valence-electron chi connectivity index (χ1n) is 7.14. The van der Waals surface area contributed by atoms with E-state index < -0.39 is 0 Å². The predicted molar refractivity (Wildman–Crippen MR) is 93.0 cm³/mol. The minimum Gasteiger partial charge on any atom is -0.0876 e. The first-order valence-corrected chi connectivity index (χ1v) is 9.39. The topological polar surface area (TPSA) is 0 Å². The Balaban J connectivity index is 2.06. The van der Waals surface area contributed by atoms with Gasteiger partial charge in [0.25, 0.3) is 0 Å². The van der Waals surface area contributed by atoms with Gasteiger partial charge in [-0.25, -0.2) is 0 Å². The Bertz CT molecular complexity index is 517. The van der Waals surface area contributed by atoms with Gasteiger partial charge in [-0.1, -0.05) is 68.3 Å². The van der Waals surface area contributed by atoms with Crippen LogP contribution in [0.2, 0.25) is 0 Å². The maximum Gasteiger partial charge on any atom is 0.0288 e. The van der Waals surface area contributed by atoms with Gasteiger partial charge in [0.2, 0.25) is 0 Å². The Morgan fingerprint density at radius 3 is 1.15 bits per heavy atom. The van der Waals surface area contributed by atoms with Crippen LogP contribution < -0.4 is 0 Å². The zero-order valence-electron chi connectivity index (χ0n) is 11.5. The molecule has 4 bridgehead atoms. The molecule has 2 heteroatoms. The maximum absolute atomic E-state index is 3.68. The van der Waals surface area contributed by atoms with Crippen LogP contribution >= 0.6 is 31.9 Å². The minimum atomic E-state index is 0.970. The van der Waals surface area contributed by atoms with Crippen LogP contribution in [0.15, 0.2) is 36.4 Å². The summed E-state index contributed by atoms with van der Waals surface area (Å²) in [5.41, 5.74) is 9.05. The zero-order chi connectivity index (χ0) is 13.9. The Morgan fingerprint density at radius 1 is 0.600 bits per heavy atom. The lowest BCUT2D eigenvalue weighted by Gasteiger charge is -2.19. The Kier molecular flexibility index (Phi) is 4.62. The van der Waals surface area contributed by atoms with E-state index in [2.05, 4.69) is 68.3 Å². The van der Waals surface area contributed by atoms with Crippen molar-refractivity contribution in [1.82, 2.24) is 0 Å². The van der Waals surface area contributed by atoms with Crippen molar-refractivity contribution in [3.05, 3.63) is 69.8 Å². The summed E-state index contributed by atoms with van der Waals surface area (Å²) < 4.78 is 0. The Morgan fingerprint density at radius 2 is 0.900 bits per heavy atom. The molecular weight excluding hydrogens is 376 g/mol. The van der Waals surface area contributed by atoms with Crippen LogP contribution in [0.3, 0.4) is 0 Å². The molecule has 0 saturated carbocycles. The van der Waals surface area contributed by atoms with Crippen molar-refractivity contribution in [2.24, 2.45) is 0 Å². The van der Waals surface area contributed by atoms with Gasteiger partial charge in [-0.3, -0.25) is 0 Å². The monoisotopic (exact) mass is 392 g/mol. The van der Waals surface area contributed by atoms with Crippen molar-refractivity contribution < 1.29 is 0 Å². The van der Waals surface area contributed by atoms with E-state index in [4.69, 9.17) is 0 Å². The molecule has 0 heterocycles. The van der Waals surface area contributed by atoms with E-state index in [1.807, 2.05) is 0 Å². The van der Waals surface area contributed by atoms with Gasteiger partial charge in [0.1, 0.15) is 0 Å². The summed E-state index contributed by atoms with van der Waals surface area (Å²) in [7, 11) is 0. The van der Waals surface area contributed by atoms with Gasteiger partial charge in [-0.15, -0.1) is 0 Å². The van der Waals surface area contributed by atoms with Gasteiger partial charge in [0.05, 0.1) is 0 Å². The van der Waals surface area contributed by atoms with Crippen LogP contribution in [-0.4, -0.2) is 0 Å². The lowest BCUT2D eigenvalue weighted by Crippen LogP contribution is -2.07. The molecule has 3 rings (SSSR count). The summed E-state index contributed by atoms with van der Waals surface area (Å²) in [6.07, 6.45) is 4.55. The first kappa shape index (κ1) is 14.3. The van der Waals surface area contributed by atoms with E-state index in [0.717, 1.165) is 36.3 Å². The van der Waals surface area contributed by atoms with Crippen molar-refractivity contribution in [3.63, 3.8) is 0 Å². The van der Waals surface area contributed by atoms with Crippen molar-refractivity contribution in [2.45, 2.75) is 36.3 Å². The third-order valence-electron chi connectivity index (χ3n) is 4.33. The summed E-state index contributed by atoms with van der Waals surface area (Å²) in [6.45, 7) is 0. The molecule has 2 aromatic rings. The average Bonchev–Trinajstić information content (AvgIpc) is 2.49. The van der Waals surface area contributed by atoms with Crippen LogP contribution in [-0.2, 0) is 36.3 Å². The predicted octanol–water partition coefficient (Wildman–Crippen LogP) is 5.36. The fourth-order valence-electron chi connectivity index (χ4n) is 3.19. The summed E-state index contributed by atoms with van der Waals surface area (Å²) in [4.78, 5) is 0. The largest absolute Gasteiger partial charge is 0.0876 e. The highest BCUT2D eigenvalue weighted by molar-refractivity contribution is 9.08. The molecule has 1 aliphatic rings. The summed E-state index contributed by atoms with van der Waals surface area (Å²) in [6, 6.07) is 13.6. The SMILES string of the molecule is BrCc1c2cccc1CCc1cccc(c1CBr)CC2. The van der Waals surface area contributed by atoms with Gasteiger partial charge in [-0.2, -0.15) is 0 Å². The van der Waals surface area contributed by atoms with E-state index >= 15 is 0 Å². The second kappa shape index (κ2) is 6.44. The molecule has 0 amide bonds. The van der Waals surface area contributed by atoms with E-state index in [9.17, 15) is 0 Å². The quantitative estimate of drug-likeness (QED) is 0.602. The van der Waals surface area contributed by atoms with Crippen molar-refractivity contribution in [1.29, 1.82) is 0 Å². The summed E-state index contributed by atoms with van der Waals surface area (Å²) in [5.74, 6) is 0. The molecule has 0 spiro atoms. The standard InChI is InChI=1S/C18H18Br2/c19-11-17-13-3-1-4-14(17)8-10-16-6-2-5-15(9-7-13)18(16)12-20/h1-6H,7-12H2. The van der Waals surface area contributed by atoms with Crippen LogP contribution in [0, 0.1) is 0 Å². The molecule has 1 aliphatic carbocycles. The molecule has 0 nitrogen and oxygen atoms in total. The molecule has 0 saturated heterocycles. The van der Waals surface area contributed by atoms with Crippen molar-refractivity contribution in [2.75, 3.05) is 0 Å². The molecule has 20 heavy (non-hydrogen) atoms. The number of alkyl halides is 2. The number of hydrogen-bond acceptors (Lipinski definition) is 0. The van der Waals surface area contributed by atoms with Gasteiger partial charge < -0.3 is 0 Å². The molecule has 0 fully saturated rings.